The smallest absolute Gasteiger partial charge is 0.332 e. The van der Waals surface area contributed by atoms with Crippen LogP contribution in [-0.2, 0) is 38.2 Å². The Kier molecular flexibility index (Phi) is 16.3. The van der Waals surface area contributed by atoms with E-state index < -0.39 is 47.8 Å². The predicted molar refractivity (Wildman–Crippen MR) is 141 cm³/mol. The highest BCUT2D eigenvalue weighted by atomic mass is 16.6. The number of hydrogen-bond donors (Lipinski definition) is 0. The molecule has 0 unspecified atom stereocenters. The minimum atomic E-state index is -1.72. The molecular weight excluding hydrogens is 496 g/mol. The summed E-state index contributed by atoms with van der Waals surface area (Å²) in [6.45, 7) is 16.3. The molecule has 0 rings (SSSR count). The van der Waals surface area contributed by atoms with E-state index in [1.165, 1.54) is 19.6 Å². The lowest BCUT2D eigenvalue weighted by Crippen LogP contribution is -2.51. The number of rotatable bonds is 16. The van der Waals surface area contributed by atoms with E-state index >= 15 is 0 Å². The molecule has 0 aliphatic rings. The number of esters is 2. The first kappa shape index (κ1) is 34.6. The first-order valence-electron chi connectivity index (χ1n) is 13.3. The van der Waals surface area contributed by atoms with Gasteiger partial charge >= 0.3 is 11.9 Å². The van der Waals surface area contributed by atoms with Crippen molar-refractivity contribution in [2.45, 2.75) is 67.6 Å². The highest BCUT2D eigenvalue weighted by Crippen LogP contribution is 2.09. The molecule has 0 bridgehead atoms. The molecule has 0 spiro atoms. The van der Waals surface area contributed by atoms with E-state index in [4.69, 9.17) is 9.47 Å². The number of carbonyl (C=O) groups is 6. The van der Waals surface area contributed by atoms with E-state index in [9.17, 15) is 28.8 Å². The van der Waals surface area contributed by atoms with Gasteiger partial charge < -0.3 is 29.1 Å². The SMILES string of the molecule is CCN(CC)C(=O)C(OC(=O)/C=C\C(=O)OC(C(=O)N(CC)CC)C(=O)N(CC)CC)C(=O)N(CC)CC. The van der Waals surface area contributed by atoms with Crippen molar-refractivity contribution in [2.24, 2.45) is 0 Å². The van der Waals surface area contributed by atoms with Gasteiger partial charge in [-0.25, -0.2) is 9.59 Å². The Labute approximate surface area is 225 Å². The number of amides is 4. The van der Waals surface area contributed by atoms with Crippen LogP contribution in [-0.4, -0.2) is 120 Å². The average molecular weight is 541 g/mol. The summed E-state index contributed by atoms with van der Waals surface area (Å²) in [7, 11) is 0. The van der Waals surface area contributed by atoms with Gasteiger partial charge in [0.25, 0.3) is 35.8 Å². The van der Waals surface area contributed by atoms with Crippen LogP contribution in [0, 0.1) is 0 Å². The zero-order chi connectivity index (χ0) is 29.4. The highest BCUT2D eigenvalue weighted by molar-refractivity contribution is 6.07. The quantitative estimate of drug-likeness (QED) is 0.160. The third-order valence-electron chi connectivity index (χ3n) is 6.02. The number of likely N-dealkylation sites (N-methyl/N-ethyl adjacent to an activating group) is 4. The zero-order valence-electron chi connectivity index (χ0n) is 24.0. The summed E-state index contributed by atoms with van der Waals surface area (Å²) in [5.74, 6) is -4.96. The maximum Gasteiger partial charge on any atom is 0.332 e. The number of ether oxygens (including phenoxy) is 2. The van der Waals surface area contributed by atoms with Gasteiger partial charge in [-0.15, -0.1) is 0 Å². The maximum absolute atomic E-state index is 12.9. The van der Waals surface area contributed by atoms with E-state index in [0.29, 0.717) is 64.5 Å². The fourth-order valence-corrected chi connectivity index (χ4v) is 3.66. The van der Waals surface area contributed by atoms with E-state index in [0.717, 1.165) is 0 Å². The van der Waals surface area contributed by atoms with E-state index in [2.05, 4.69) is 0 Å². The maximum atomic E-state index is 12.9. The Balaban J connectivity index is 5.82. The van der Waals surface area contributed by atoms with Crippen LogP contribution in [0.2, 0.25) is 0 Å². The van der Waals surface area contributed by atoms with Crippen LogP contribution in [0.15, 0.2) is 12.2 Å². The predicted octanol–water partition coefficient (Wildman–Crippen LogP) is 0.840. The second-order valence-electron chi connectivity index (χ2n) is 8.01. The molecule has 12 nitrogen and oxygen atoms in total. The van der Waals surface area contributed by atoms with Crippen LogP contribution < -0.4 is 0 Å². The van der Waals surface area contributed by atoms with Crippen molar-refractivity contribution in [1.29, 1.82) is 0 Å². The molecule has 0 aromatic rings. The molecule has 0 aliphatic heterocycles. The molecule has 0 saturated carbocycles. The van der Waals surface area contributed by atoms with Gasteiger partial charge in [-0.1, -0.05) is 0 Å². The van der Waals surface area contributed by atoms with E-state index in [1.54, 1.807) is 55.4 Å². The summed E-state index contributed by atoms with van der Waals surface area (Å²) < 4.78 is 10.3. The topological polar surface area (TPSA) is 134 Å². The summed E-state index contributed by atoms with van der Waals surface area (Å²) in [6.07, 6.45) is -2.05. The van der Waals surface area contributed by atoms with Gasteiger partial charge in [-0.2, -0.15) is 0 Å². The van der Waals surface area contributed by atoms with Crippen LogP contribution in [0.3, 0.4) is 0 Å². The Bertz CT molecular complexity index is 728. The van der Waals surface area contributed by atoms with Crippen molar-refractivity contribution in [3.05, 3.63) is 12.2 Å². The summed E-state index contributed by atoms with van der Waals surface area (Å²) in [4.78, 5) is 82.0. The van der Waals surface area contributed by atoms with Crippen molar-refractivity contribution >= 4 is 35.6 Å². The number of nitrogens with zero attached hydrogens (tertiary/aromatic N) is 4. The lowest BCUT2D eigenvalue weighted by Gasteiger charge is -2.28. The molecule has 0 radical (unpaired) electrons. The van der Waals surface area contributed by atoms with Crippen LogP contribution in [0.4, 0.5) is 0 Å². The Morgan fingerprint density at radius 1 is 0.447 bits per heavy atom. The number of hydrogen-bond acceptors (Lipinski definition) is 8. The summed E-state index contributed by atoms with van der Waals surface area (Å²) in [6, 6.07) is 0. The van der Waals surface area contributed by atoms with Gasteiger partial charge in [0.05, 0.1) is 0 Å². The van der Waals surface area contributed by atoms with Gasteiger partial charge in [0.2, 0.25) is 0 Å². The molecule has 0 fully saturated rings. The van der Waals surface area contributed by atoms with Crippen molar-refractivity contribution in [2.75, 3.05) is 52.4 Å². The molecule has 12 heteroatoms. The third-order valence-corrected chi connectivity index (χ3v) is 6.02. The standard InChI is InChI=1S/C26H44N4O8/c1-9-27(10-2)23(33)21(24(34)28(11-3)12-4)37-19(31)17-18-20(32)38-22(25(35)29(13-5)14-6)26(36)30(15-7)16-8/h17-18,21-22H,9-16H2,1-8H3/b18-17-. The van der Waals surface area contributed by atoms with Gasteiger partial charge in [-0.05, 0) is 55.4 Å². The molecule has 0 aromatic carbocycles. The summed E-state index contributed by atoms with van der Waals surface area (Å²) in [5, 5.41) is 0. The fourth-order valence-electron chi connectivity index (χ4n) is 3.66. The minimum Gasteiger partial charge on any atom is -0.439 e. The number of carbonyl (C=O) groups excluding carboxylic acids is 6. The molecule has 0 N–H and O–H groups in total. The van der Waals surface area contributed by atoms with Gasteiger partial charge in [0, 0.05) is 64.5 Å². The van der Waals surface area contributed by atoms with Gasteiger partial charge in [-0.3, -0.25) is 19.2 Å². The first-order valence-corrected chi connectivity index (χ1v) is 13.3. The minimum absolute atomic E-state index is 0.305. The summed E-state index contributed by atoms with van der Waals surface area (Å²) >= 11 is 0. The van der Waals surface area contributed by atoms with E-state index in [-0.39, 0.29) is 0 Å². The molecule has 38 heavy (non-hydrogen) atoms. The molecule has 4 amide bonds. The van der Waals surface area contributed by atoms with Crippen LogP contribution in [0.25, 0.3) is 0 Å². The highest BCUT2D eigenvalue weighted by Gasteiger charge is 2.37. The second-order valence-corrected chi connectivity index (χ2v) is 8.01. The Morgan fingerprint density at radius 3 is 0.789 bits per heavy atom. The molecule has 0 heterocycles. The normalized spacial score (nSPS) is 10.9. The largest absolute Gasteiger partial charge is 0.439 e. The lowest BCUT2D eigenvalue weighted by atomic mass is 10.2. The molecule has 0 saturated heterocycles. The van der Waals surface area contributed by atoms with Crippen LogP contribution in [0.5, 0.6) is 0 Å². The fraction of sp³-hybridized carbons (Fsp3) is 0.692. The van der Waals surface area contributed by atoms with Gasteiger partial charge in [0.15, 0.2) is 0 Å². The molecule has 216 valence electrons. The molecule has 0 atom stereocenters. The van der Waals surface area contributed by atoms with Crippen molar-refractivity contribution in [3.8, 4) is 0 Å². The summed E-state index contributed by atoms with van der Waals surface area (Å²) in [5.41, 5.74) is 0. The lowest BCUT2D eigenvalue weighted by molar-refractivity contribution is -0.167. The van der Waals surface area contributed by atoms with E-state index in [1.807, 2.05) is 0 Å². The molecule has 0 aromatic heterocycles. The van der Waals surface area contributed by atoms with Crippen molar-refractivity contribution in [3.63, 3.8) is 0 Å². The van der Waals surface area contributed by atoms with Crippen molar-refractivity contribution < 1.29 is 38.2 Å². The van der Waals surface area contributed by atoms with Crippen LogP contribution in [0.1, 0.15) is 55.4 Å². The average Bonchev–Trinajstić information content (AvgIpc) is 2.91. The van der Waals surface area contributed by atoms with Gasteiger partial charge in [0.1, 0.15) is 0 Å². The third kappa shape index (κ3) is 9.79. The Morgan fingerprint density at radius 2 is 0.632 bits per heavy atom. The molecule has 0 aliphatic carbocycles. The second kappa shape index (κ2) is 17.9. The van der Waals surface area contributed by atoms with Crippen LogP contribution >= 0.6 is 0 Å². The molecular formula is C26H44N4O8. The first-order chi connectivity index (χ1) is 18.0. The van der Waals surface area contributed by atoms with Crippen molar-refractivity contribution in [1.82, 2.24) is 19.6 Å². The monoisotopic (exact) mass is 540 g/mol. The Hall–Kier alpha value is -3.44. The zero-order valence-corrected chi connectivity index (χ0v) is 24.0.